The van der Waals surface area contributed by atoms with Crippen molar-refractivity contribution in [2.24, 2.45) is 5.92 Å². The number of amides is 2. The first-order valence-corrected chi connectivity index (χ1v) is 11.5. The van der Waals surface area contributed by atoms with Crippen LogP contribution in [0.5, 0.6) is 0 Å². The first kappa shape index (κ1) is 22.8. The lowest BCUT2D eigenvalue weighted by molar-refractivity contribution is -0.150. The maximum absolute atomic E-state index is 13.0. The van der Waals surface area contributed by atoms with Crippen LogP contribution in [0, 0.1) is 5.92 Å². The predicted octanol–water partition coefficient (Wildman–Crippen LogP) is 4.02. The molecule has 2 N–H and O–H groups in total. The van der Waals surface area contributed by atoms with E-state index in [0.29, 0.717) is 19.3 Å². The van der Waals surface area contributed by atoms with Crippen LogP contribution in [0.4, 0.5) is 4.79 Å². The minimum atomic E-state index is -0.825. The quantitative estimate of drug-likeness (QED) is 0.633. The van der Waals surface area contributed by atoms with Gasteiger partial charge in [-0.2, -0.15) is 0 Å². The van der Waals surface area contributed by atoms with Crippen LogP contribution in [0.2, 0.25) is 0 Å². The van der Waals surface area contributed by atoms with Crippen molar-refractivity contribution in [1.29, 1.82) is 0 Å². The molecule has 2 amide bonds. The van der Waals surface area contributed by atoms with E-state index in [-0.39, 0.29) is 24.5 Å². The van der Waals surface area contributed by atoms with Crippen LogP contribution in [0.1, 0.15) is 49.7 Å². The fraction of sp³-hybridized carbons (Fsp3) is 0.423. The van der Waals surface area contributed by atoms with Crippen LogP contribution in [-0.4, -0.2) is 53.7 Å². The third-order valence-electron chi connectivity index (χ3n) is 6.87. The Morgan fingerprint density at radius 3 is 2.18 bits per heavy atom. The van der Waals surface area contributed by atoms with E-state index in [4.69, 9.17) is 9.84 Å². The predicted molar refractivity (Wildman–Crippen MR) is 124 cm³/mol. The molecule has 0 aliphatic heterocycles. The molecule has 7 nitrogen and oxygen atoms in total. The van der Waals surface area contributed by atoms with Gasteiger partial charge in [-0.1, -0.05) is 61.9 Å². The van der Waals surface area contributed by atoms with Crippen LogP contribution >= 0.6 is 0 Å². The second-order valence-electron chi connectivity index (χ2n) is 8.92. The van der Waals surface area contributed by atoms with Crippen molar-refractivity contribution < 1.29 is 24.2 Å². The number of carboxylic acids is 1. The normalized spacial score (nSPS) is 19.6. The molecule has 4 rings (SSSR count). The Hall–Kier alpha value is -3.35. The molecule has 2 aliphatic rings. The van der Waals surface area contributed by atoms with E-state index in [9.17, 15) is 14.4 Å². The highest BCUT2D eigenvalue weighted by Crippen LogP contribution is 2.44. The number of likely N-dealkylation sites (N-methyl/N-ethyl adjacent to an activating group) is 1. The van der Waals surface area contributed by atoms with E-state index in [0.717, 1.165) is 28.7 Å². The van der Waals surface area contributed by atoms with E-state index in [2.05, 4.69) is 29.6 Å². The molecular formula is C26H30N2O5. The van der Waals surface area contributed by atoms with Gasteiger partial charge in [-0.05, 0) is 41.5 Å². The number of carboxylic acid groups (broad SMARTS) is 1. The summed E-state index contributed by atoms with van der Waals surface area (Å²) in [5, 5.41) is 11.8. The van der Waals surface area contributed by atoms with Crippen molar-refractivity contribution >= 4 is 18.0 Å². The minimum absolute atomic E-state index is 0.0471. The Kier molecular flexibility index (Phi) is 6.67. The number of benzene rings is 2. The van der Waals surface area contributed by atoms with Gasteiger partial charge in [0.2, 0.25) is 5.91 Å². The first-order chi connectivity index (χ1) is 15.9. The smallest absolute Gasteiger partial charge is 0.407 e. The van der Waals surface area contributed by atoms with Crippen LogP contribution in [0.3, 0.4) is 0 Å². The second-order valence-corrected chi connectivity index (χ2v) is 8.92. The zero-order valence-electron chi connectivity index (χ0n) is 19.0. The number of carbonyl (C=O) groups is 3. The van der Waals surface area contributed by atoms with Gasteiger partial charge in [-0.15, -0.1) is 0 Å². The molecule has 7 heteroatoms. The molecule has 1 atom stereocenters. The monoisotopic (exact) mass is 450 g/mol. The Labute approximate surface area is 193 Å². The van der Waals surface area contributed by atoms with Crippen molar-refractivity contribution in [3.05, 3.63) is 59.7 Å². The van der Waals surface area contributed by atoms with E-state index in [1.165, 1.54) is 0 Å². The number of ether oxygens (including phenoxy) is 1. The van der Waals surface area contributed by atoms with Gasteiger partial charge >= 0.3 is 12.1 Å². The van der Waals surface area contributed by atoms with E-state index in [1.807, 2.05) is 31.2 Å². The Morgan fingerprint density at radius 2 is 1.64 bits per heavy atom. The fourth-order valence-electron chi connectivity index (χ4n) is 4.86. The zero-order valence-corrected chi connectivity index (χ0v) is 19.0. The highest BCUT2D eigenvalue weighted by Gasteiger charge is 2.40. The lowest BCUT2D eigenvalue weighted by Crippen LogP contribution is -2.54. The van der Waals surface area contributed by atoms with Gasteiger partial charge in [0.05, 0.1) is 5.92 Å². The largest absolute Gasteiger partial charge is 0.481 e. The number of alkyl carbamates (subject to hydrolysis) is 1. The van der Waals surface area contributed by atoms with E-state index < -0.39 is 24.0 Å². The Balaban J connectivity index is 1.37. The number of aliphatic carboxylic acids is 1. The summed E-state index contributed by atoms with van der Waals surface area (Å²) in [6, 6.07) is 15.4. The molecule has 1 fully saturated rings. The molecular weight excluding hydrogens is 420 g/mol. The lowest BCUT2D eigenvalue weighted by Gasteiger charge is -2.40. The molecule has 0 saturated heterocycles. The SMILES string of the molecule is CCC[C@H](NC(=O)OCC1c2ccccc2-c2ccccc21)C(=O)N(C)C1CC(C(=O)O)C1. The Bertz CT molecular complexity index is 1000. The molecule has 0 aromatic heterocycles. The number of nitrogens with zero attached hydrogens (tertiary/aromatic N) is 1. The summed E-state index contributed by atoms with van der Waals surface area (Å²) in [7, 11) is 1.67. The van der Waals surface area contributed by atoms with Gasteiger partial charge in [0, 0.05) is 19.0 Å². The number of hydrogen-bond acceptors (Lipinski definition) is 4. The third kappa shape index (κ3) is 4.58. The summed E-state index contributed by atoms with van der Waals surface area (Å²) < 4.78 is 5.60. The standard InChI is InChI=1S/C26H30N2O5/c1-3-8-23(24(29)28(2)17-13-16(14-17)25(30)31)27-26(32)33-15-22-20-11-6-4-9-18(20)19-10-5-7-12-21(19)22/h4-7,9-12,16-17,22-23H,3,8,13-15H2,1-2H3,(H,27,32)(H,30,31)/t16?,17?,23-/m0/s1. The van der Waals surface area contributed by atoms with Crippen LogP contribution in [0.25, 0.3) is 11.1 Å². The summed E-state index contributed by atoms with van der Waals surface area (Å²) >= 11 is 0. The highest BCUT2D eigenvalue weighted by molar-refractivity contribution is 5.86. The van der Waals surface area contributed by atoms with Gasteiger partial charge in [0.15, 0.2) is 0 Å². The van der Waals surface area contributed by atoms with Gasteiger partial charge in [-0.25, -0.2) is 4.79 Å². The van der Waals surface area contributed by atoms with Crippen molar-refractivity contribution in [2.45, 2.75) is 50.6 Å². The summed E-state index contributed by atoms with van der Waals surface area (Å²) in [4.78, 5) is 38.3. The molecule has 0 radical (unpaired) electrons. The number of rotatable bonds is 8. The number of carbonyl (C=O) groups excluding carboxylic acids is 2. The molecule has 2 aromatic carbocycles. The van der Waals surface area contributed by atoms with Gasteiger partial charge < -0.3 is 20.1 Å². The van der Waals surface area contributed by atoms with Crippen molar-refractivity contribution in [3.63, 3.8) is 0 Å². The molecule has 0 bridgehead atoms. The minimum Gasteiger partial charge on any atom is -0.481 e. The maximum Gasteiger partial charge on any atom is 0.407 e. The average Bonchev–Trinajstić information content (AvgIpc) is 3.09. The molecule has 174 valence electrons. The van der Waals surface area contributed by atoms with Crippen LogP contribution in [0.15, 0.2) is 48.5 Å². The molecule has 2 aromatic rings. The van der Waals surface area contributed by atoms with Gasteiger partial charge in [-0.3, -0.25) is 9.59 Å². The summed E-state index contributed by atoms with van der Waals surface area (Å²) in [5.74, 6) is -1.48. The first-order valence-electron chi connectivity index (χ1n) is 11.5. The van der Waals surface area contributed by atoms with E-state index in [1.54, 1.807) is 11.9 Å². The molecule has 2 aliphatic carbocycles. The molecule has 0 unspecified atom stereocenters. The molecule has 1 saturated carbocycles. The topological polar surface area (TPSA) is 95.9 Å². The van der Waals surface area contributed by atoms with Crippen molar-refractivity contribution in [2.75, 3.05) is 13.7 Å². The average molecular weight is 451 g/mol. The summed E-state index contributed by atoms with van der Waals surface area (Å²) in [6.45, 7) is 2.13. The lowest BCUT2D eigenvalue weighted by atomic mass is 9.79. The molecule has 33 heavy (non-hydrogen) atoms. The van der Waals surface area contributed by atoms with Crippen molar-refractivity contribution in [1.82, 2.24) is 10.2 Å². The maximum atomic E-state index is 13.0. The third-order valence-corrected chi connectivity index (χ3v) is 6.87. The summed E-state index contributed by atoms with van der Waals surface area (Å²) in [6.07, 6.45) is 1.48. The fourth-order valence-corrected chi connectivity index (χ4v) is 4.86. The highest BCUT2D eigenvalue weighted by atomic mass is 16.5. The van der Waals surface area contributed by atoms with E-state index >= 15 is 0 Å². The number of nitrogens with one attached hydrogen (secondary N) is 1. The van der Waals surface area contributed by atoms with Crippen LogP contribution < -0.4 is 5.32 Å². The number of fused-ring (bicyclic) bond motifs is 3. The van der Waals surface area contributed by atoms with Crippen molar-refractivity contribution in [3.8, 4) is 11.1 Å². The van der Waals surface area contributed by atoms with Crippen LogP contribution in [-0.2, 0) is 14.3 Å². The molecule has 0 heterocycles. The molecule has 0 spiro atoms. The second kappa shape index (κ2) is 9.65. The number of hydrogen-bond donors (Lipinski definition) is 2. The van der Waals surface area contributed by atoms with Gasteiger partial charge in [0.25, 0.3) is 0 Å². The zero-order chi connectivity index (χ0) is 23.5. The Morgan fingerprint density at radius 1 is 1.06 bits per heavy atom. The van der Waals surface area contributed by atoms with Gasteiger partial charge in [0.1, 0.15) is 12.6 Å². The summed E-state index contributed by atoms with van der Waals surface area (Å²) in [5.41, 5.74) is 4.57.